The molecular weight excluding hydrogens is 256 g/mol. The summed E-state index contributed by atoms with van der Waals surface area (Å²) in [5.41, 5.74) is 9.80. The van der Waals surface area contributed by atoms with E-state index in [0.717, 1.165) is 0 Å². The SMILES string of the molecule is NC(=O)CCCNC(=O)N[C@@H](CCC(N)=O)C(=O)O. The lowest BCUT2D eigenvalue weighted by molar-refractivity contribution is -0.139. The highest BCUT2D eigenvalue weighted by Crippen LogP contribution is 1.97. The lowest BCUT2D eigenvalue weighted by atomic mass is 10.1. The molecule has 9 nitrogen and oxygen atoms in total. The first-order valence-corrected chi connectivity index (χ1v) is 5.66. The molecule has 0 heterocycles. The molecule has 19 heavy (non-hydrogen) atoms. The molecule has 0 aromatic rings. The minimum absolute atomic E-state index is 0.0840. The smallest absolute Gasteiger partial charge is 0.326 e. The van der Waals surface area contributed by atoms with Crippen LogP contribution in [0.3, 0.4) is 0 Å². The minimum Gasteiger partial charge on any atom is -0.480 e. The summed E-state index contributed by atoms with van der Waals surface area (Å²) >= 11 is 0. The topological polar surface area (TPSA) is 165 Å². The van der Waals surface area contributed by atoms with Crippen LogP contribution in [0, 0.1) is 0 Å². The number of nitrogens with two attached hydrogens (primary N) is 2. The maximum Gasteiger partial charge on any atom is 0.326 e. The molecule has 1 atom stereocenters. The van der Waals surface area contributed by atoms with Gasteiger partial charge in [0.2, 0.25) is 11.8 Å². The van der Waals surface area contributed by atoms with Crippen molar-refractivity contribution in [3.05, 3.63) is 0 Å². The summed E-state index contributed by atoms with van der Waals surface area (Å²) in [5.74, 6) is -2.38. The van der Waals surface area contributed by atoms with Crippen LogP contribution in [-0.2, 0) is 14.4 Å². The molecule has 0 aliphatic heterocycles. The molecule has 4 amide bonds. The van der Waals surface area contributed by atoms with Gasteiger partial charge in [0.15, 0.2) is 0 Å². The summed E-state index contributed by atoms with van der Waals surface area (Å²) in [6.07, 6.45) is 0.268. The summed E-state index contributed by atoms with van der Waals surface area (Å²) < 4.78 is 0. The van der Waals surface area contributed by atoms with Crippen molar-refractivity contribution in [3.63, 3.8) is 0 Å². The Balaban J connectivity index is 3.99. The zero-order valence-corrected chi connectivity index (χ0v) is 10.3. The minimum atomic E-state index is -1.26. The molecule has 0 aliphatic carbocycles. The molecule has 0 unspecified atom stereocenters. The van der Waals surface area contributed by atoms with Crippen LogP contribution >= 0.6 is 0 Å². The number of nitrogens with one attached hydrogen (secondary N) is 2. The van der Waals surface area contributed by atoms with E-state index in [9.17, 15) is 19.2 Å². The first-order chi connectivity index (χ1) is 8.82. The molecule has 0 fully saturated rings. The predicted molar refractivity (Wildman–Crippen MR) is 64.8 cm³/mol. The Bertz CT molecular complexity index is 358. The Hall–Kier alpha value is -2.32. The number of amides is 4. The number of primary amides is 2. The molecule has 0 aromatic heterocycles. The lowest BCUT2D eigenvalue weighted by Gasteiger charge is -2.14. The standard InChI is InChI=1S/C10H18N4O5/c11-7(15)2-1-5-13-10(19)14-6(9(17)18)3-4-8(12)16/h6H,1-5H2,(H2,11,15)(H2,12,16)(H,17,18)(H2,13,14,19)/t6-/m0/s1. The molecule has 0 bridgehead atoms. The van der Waals surface area contributed by atoms with Crippen LogP contribution in [0.4, 0.5) is 4.79 Å². The Morgan fingerprint density at radius 3 is 2.11 bits per heavy atom. The van der Waals surface area contributed by atoms with Gasteiger partial charge >= 0.3 is 12.0 Å². The van der Waals surface area contributed by atoms with Crippen molar-refractivity contribution >= 4 is 23.8 Å². The largest absolute Gasteiger partial charge is 0.480 e. The fourth-order valence-electron chi connectivity index (χ4n) is 1.22. The molecule has 0 aliphatic rings. The second-order valence-electron chi connectivity index (χ2n) is 3.87. The van der Waals surface area contributed by atoms with Gasteiger partial charge in [-0.15, -0.1) is 0 Å². The highest BCUT2D eigenvalue weighted by molar-refractivity contribution is 5.83. The summed E-state index contributed by atoms with van der Waals surface area (Å²) in [7, 11) is 0. The van der Waals surface area contributed by atoms with Gasteiger partial charge in [-0.3, -0.25) is 9.59 Å². The number of carbonyl (C=O) groups is 4. The summed E-state index contributed by atoms with van der Waals surface area (Å²) in [6, 6.07) is -1.88. The fraction of sp³-hybridized carbons (Fsp3) is 0.600. The molecular formula is C10H18N4O5. The second-order valence-corrected chi connectivity index (χ2v) is 3.87. The number of hydrogen-bond acceptors (Lipinski definition) is 4. The molecule has 9 heteroatoms. The van der Waals surface area contributed by atoms with E-state index < -0.39 is 29.9 Å². The number of rotatable bonds is 9. The van der Waals surface area contributed by atoms with Gasteiger partial charge < -0.3 is 27.2 Å². The van der Waals surface area contributed by atoms with E-state index in [-0.39, 0.29) is 25.8 Å². The number of hydrogen-bond donors (Lipinski definition) is 5. The summed E-state index contributed by atoms with van der Waals surface area (Å²) in [4.78, 5) is 43.1. The van der Waals surface area contributed by atoms with Crippen molar-refractivity contribution in [3.8, 4) is 0 Å². The zero-order valence-electron chi connectivity index (χ0n) is 10.3. The second kappa shape index (κ2) is 8.72. The van der Waals surface area contributed by atoms with Crippen molar-refractivity contribution in [1.82, 2.24) is 10.6 Å². The molecule has 108 valence electrons. The van der Waals surface area contributed by atoms with Crippen molar-refractivity contribution in [2.75, 3.05) is 6.54 Å². The molecule has 0 aromatic carbocycles. The Morgan fingerprint density at radius 2 is 1.63 bits per heavy atom. The van der Waals surface area contributed by atoms with E-state index in [4.69, 9.17) is 16.6 Å². The molecule has 7 N–H and O–H groups in total. The van der Waals surface area contributed by atoms with Crippen LogP contribution < -0.4 is 22.1 Å². The van der Waals surface area contributed by atoms with Crippen LogP contribution in [0.15, 0.2) is 0 Å². The third kappa shape index (κ3) is 9.39. The van der Waals surface area contributed by atoms with E-state index in [2.05, 4.69) is 10.6 Å². The number of carboxylic acid groups (broad SMARTS) is 1. The van der Waals surface area contributed by atoms with Gasteiger partial charge in [-0.2, -0.15) is 0 Å². The van der Waals surface area contributed by atoms with Crippen LogP contribution in [-0.4, -0.2) is 41.5 Å². The molecule has 0 saturated carbocycles. The van der Waals surface area contributed by atoms with Gasteiger partial charge in [0.1, 0.15) is 6.04 Å². The van der Waals surface area contributed by atoms with Crippen LogP contribution in [0.25, 0.3) is 0 Å². The zero-order chi connectivity index (χ0) is 14.8. The summed E-state index contributed by atoms with van der Waals surface area (Å²) in [6.45, 7) is 0.191. The monoisotopic (exact) mass is 274 g/mol. The Morgan fingerprint density at radius 1 is 1.05 bits per heavy atom. The maximum atomic E-state index is 11.3. The van der Waals surface area contributed by atoms with Gasteiger partial charge in [0.25, 0.3) is 0 Å². The lowest BCUT2D eigenvalue weighted by Crippen LogP contribution is -2.46. The van der Waals surface area contributed by atoms with Crippen molar-refractivity contribution in [2.24, 2.45) is 11.5 Å². The van der Waals surface area contributed by atoms with Crippen LogP contribution in [0.1, 0.15) is 25.7 Å². The van der Waals surface area contributed by atoms with Crippen LogP contribution in [0.2, 0.25) is 0 Å². The van der Waals surface area contributed by atoms with Gasteiger partial charge in [-0.25, -0.2) is 9.59 Å². The number of urea groups is 1. The van der Waals surface area contributed by atoms with Gasteiger partial charge in [0.05, 0.1) is 0 Å². The molecule has 0 spiro atoms. The molecule has 0 saturated heterocycles. The van der Waals surface area contributed by atoms with E-state index in [1.54, 1.807) is 0 Å². The van der Waals surface area contributed by atoms with E-state index in [1.807, 2.05) is 0 Å². The highest BCUT2D eigenvalue weighted by atomic mass is 16.4. The first-order valence-electron chi connectivity index (χ1n) is 5.66. The first kappa shape index (κ1) is 16.7. The normalized spacial score (nSPS) is 11.4. The number of aliphatic carboxylic acids is 1. The van der Waals surface area contributed by atoms with Gasteiger partial charge in [-0.05, 0) is 12.8 Å². The van der Waals surface area contributed by atoms with Crippen molar-refractivity contribution in [2.45, 2.75) is 31.7 Å². The fourth-order valence-corrected chi connectivity index (χ4v) is 1.22. The quantitative estimate of drug-likeness (QED) is 0.315. The Labute approximate surface area is 109 Å². The van der Waals surface area contributed by atoms with E-state index in [1.165, 1.54) is 0 Å². The Kier molecular flexibility index (Phi) is 7.66. The van der Waals surface area contributed by atoms with Crippen LogP contribution in [0.5, 0.6) is 0 Å². The van der Waals surface area contributed by atoms with Gasteiger partial charge in [0, 0.05) is 19.4 Å². The van der Waals surface area contributed by atoms with Gasteiger partial charge in [-0.1, -0.05) is 0 Å². The maximum absolute atomic E-state index is 11.3. The number of carboxylic acids is 1. The average molecular weight is 274 g/mol. The highest BCUT2D eigenvalue weighted by Gasteiger charge is 2.20. The molecule has 0 rings (SSSR count). The van der Waals surface area contributed by atoms with Crippen molar-refractivity contribution in [1.29, 1.82) is 0 Å². The number of carbonyl (C=O) groups excluding carboxylic acids is 3. The molecule has 0 radical (unpaired) electrons. The third-order valence-electron chi connectivity index (χ3n) is 2.17. The average Bonchev–Trinajstić information content (AvgIpc) is 2.29. The third-order valence-corrected chi connectivity index (χ3v) is 2.17. The van der Waals surface area contributed by atoms with E-state index in [0.29, 0.717) is 6.42 Å². The van der Waals surface area contributed by atoms with Crippen molar-refractivity contribution < 1.29 is 24.3 Å². The van der Waals surface area contributed by atoms with E-state index >= 15 is 0 Å². The predicted octanol–water partition coefficient (Wildman–Crippen LogP) is -1.73. The summed E-state index contributed by atoms with van der Waals surface area (Å²) in [5, 5.41) is 13.4.